The van der Waals surface area contributed by atoms with Crippen molar-refractivity contribution in [3.05, 3.63) is 107 Å². The number of aromatic hydroxyl groups is 1. The van der Waals surface area contributed by atoms with Gasteiger partial charge in [0, 0.05) is 63.5 Å². The molecule has 2 saturated carbocycles. The summed E-state index contributed by atoms with van der Waals surface area (Å²) >= 11 is 0. The number of fused-ring (bicyclic) bond motifs is 2. The number of allylic oxidation sites excluding steroid dienone is 1. The highest BCUT2D eigenvalue weighted by atomic mass is 18.2. The lowest BCUT2D eigenvalue weighted by molar-refractivity contribution is -0.145. The van der Waals surface area contributed by atoms with Gasteiger partial charge in [-0.1, -0.05) is 66.7 Å². The molecule has 2 heterocycles. The summed E-state index contributed by atoms with van der Waals surface area (Å²) in [6, 6.07) is 20.2. The summed E-state index contributed by atoms with van der Waals surface area (Å²) in [6.07, 6.45) is 2.97. The topological polar surface area (TPSA) is 346 Å². The van der Waals surface area contributed by atoms with Crippen LogP contribution in [0.2, 0.25) is 0 Å². The first-order chi connectivity index (χ1) is 43.6. The number of alkyl halides is 1. The van der Waals surface area contributed by atoms with Gasteiger partial charge in [0.2, 0.25) is 23.6 Å². The number of hydrogen-bond donors (Lipinski definition) is 9. The highest BCUT2D eigenvalue weighted by Crippen LogP contribution is 2.56. The van der Waals surface area contributed by atoms with Gasteiger partial charge in [-0.2, -0.15) is 5.10 Å². The molecule has 90 heavy (non-hydrogen) atoms. The molecule has 2 aliphatic heterocycles. The second-order valence-electron chi connectivity index (χ2n) is 23.3. The second-order valence-corrected chi connectivity index (χ2v) is 23.3. The maximum absolute atomic E-state index is 14.1. The lowest BCUT2D eigenvalue weighted by Gasteiger charge is -2.31. The number of hydrogen-bond acceptors (Lipinski definition) is 17. The van der Waals surface area contributed by atoms with E-state index in [0.717, 1.165) is 53.8 Å². The third-order valence-corrected chi connectivity index (χ3v) is 16.8. The van der Waals surface area contributed by atoms with Crippen LogP contribution in [0.3, 0.4) is 0 Å². The molecule has 24 heteroatoms. The number of amidine groups is 1. The summed E-state index contributed by atoms with van der Waals surface area (Å²) in [5.74, 6) is -5.23. The molecule has 8 atom stereocenters. The largest absolute Gasteiger partial charge is 0.508 e. The Bertz CT molecular complexity index is 2960. The molecule has 3 aromatic rings. The van der Waals surface area contributed by atoms with E-state index in [4.69, 9.17) is 39.9 Å². The molecule has 4 aliphatic rings. The molecule has 3 fully saturated rings. The Morgan fingerprint density at radius 1 is 0.678 bits per heavy atom. The second kappa shape index (κ2) is 36.7. The van der Waals surface area contributed by atoms with E-state index >= 15 is 0 Å². The highest BCUT2D eigenvalue weighted by Gasteiger charge is 2.51. The molecule has 10 N–H and O–H groups in total. The van der Waals surface area contributed by atoms with E-state index in [1.807, 2.05) is 42.5 Å². The molecule has 0 radical (unpaired) electrons. The maximum Gasteiger partial charge on any atom is 0.306 e. The van der Waals surface area contributed by atoms with Gasteiger partial charge < -0.3 is 60.9 Å². The van der Waals surface area contributed by atoms with Crippen LogP contribution in [0.4, 0.5) is 4.39 Å². The zero-order valence-electron chi connectivity index (χ0n) is 51.0. The van der Waals surface area contributed by atoms with E-state index in [0.29, 0.717) is 75.6 Å². The van der Waals surface area contributed by atoms with E-state index in [1.54, 1.807) is 12.1 Å². The average Bonchev–Trinajstić information content (AvgIpc) is 1.95. The van der Waals surface area contributed by atoms with Crippen LogP contribution >= 0.6 is 0 Å². The van der Waals surface area contributed by atoms with Crippen LogP contribution in [0.1, 0.15) is 125 Å². The molecular formula is C66H87FN8O15. The number of ketones is 2. The monoisotopic (exact) mass is 1250 g/mol. The van der Waals surface area contributed by atoms with E-state index < -0.39 is 91.7 Å². The fourth-order valence-electron chi connectivity index (χ4n) is 11.8. The van der Waals surface area contributed by atoms with Gasteiger partial charge in [0.1, 0.15) is 25.1 Å². The summed E-state index contributed by atoms with van der Waals surface area (Å²) in [7, 11) is 0. The average molecular weight is 1250 g/mol. The Labute approximate surface area is 524 Å². The molecule has 1 unspecified atom stereocenters. The summed E-state index contributed by atoms with van der Waals surface area (Å²) in [4.78, 5) is 105. The lowest BCUT2D eigenvalue weighted by Crippen LogP contribution is -2.53. The molecular weight excluding hydrogens is 1160 g/mol. The first-order valence-corrected chi connectivity index (χ1v) is 31.4. The van der Waals surface area contributed by atoms with Crippen molar-refractivity contribution < 1.29 is 76.6 Å². The number of carboxylic acid groups (broad SMARTS) is 1. The number of nitrogens with one attached hydrogen (secondary N) is 6. The molecule has 3 aromatic carbocycles. The number of Topliss-reactive ketones (excluding diaryl/α,β-unsaturated/α-hetero) is 2. The Morgan fingerprint density at radius 2 is 1.38 bits per heavy atom. The number of benzene rings is 3. The summed E-state index contributed by atoms with van der Waals surface area (Å²) in [5.41, 5.74) is 15.9. The molecule has 4 amide bonds. The van der Waals surface area contributed by atoms with Gasteiger partial charge in [-0.05, 0) is 122 Å². The van der Waals surface area contributed by atoms with Crippen molar-refractivity contribution in [2.75, 3.05) is 66.1 Å². The van der Waals surface area contributed by atoms with Gasteiger partial charge in [0.05, 0.1) is 82.0 Å². The van der Waals surface area contributed by atoms with Crippen molar-refractivity contribution in [3.8, 4) is 5.75 Å². The molecule has 23 nitrogen and oxygen atoms in total. The Kier molecular flexibility index (Phi) is 28.3. The van der Waals surface area contributed by atoms with Crippen LogP contribution in [-0.2, 0) is 75.1 Å². The number of phenolic OH excluding ortho intramolecular Hbond substituents is 1. The number of aliphatic carboxylic acids is 1. The molecule has 7 rings (SSSR count). The number of rotatable bonds is 33. The minimum Gasteiger partial charge on any atom is -0.508 e. The van der Waals surface area contributed by atoms with Crippen molar-refractivity contribution in [1.82, 2.24) is 26.7 Å². The smallest absolute Gasteiger partial charge is 0.306 e. The van der Waals surface area contributed by atoms with Crippen LogP contribution in [0.25, 0.3) is 5.70 Å². The van der Waals surface area contributed by atoms with Gasteiger partial charge in [-0.3, -0.25) is 49.2 Å². The van der Waals surface area contributed by atoms with Crippen LogP contribution in [-0.4, -0.2) is 153 Å². The molecule has 0 aromatic heterocycles. The van der Waals surface area contributed by atoms with Crippen LogP contribution in [0, 0.1) is 35.0 Å². The van der Waals surface area contributed by atoms with Gasteiger partial charge in [-0.15, -0.1) is 0 Å². The zero-order chi connectivity index (χ0) is 64.2. The van der Waals surface area contributed by atoms with Gasteiger partial charge >= 0.3 is 11.9 Å². The van der Waals surface area contributed by atoms with Crippen LogP contribution < -0.4 is 32.4 Å². The number of carbonyl (C=O) groups is 8. The number of hydrazone groups is 1. The van der Waals surface area contributed by atoms with E-state index in [1.165, 1.54) is 17.7 Å². The molecule has 1 saturated heterocycles. The maximum atomic E-state index is 14.1. The number of unbranched alkanes of at least 4 members (excludes halogenated alkanes) is 1. The van der Waals surface area contributed by atoms with Gasteiger partial charge in [-0.25, -0.2) is 4.39 Å². The van der Waals surface area contributed by atoms with Gasteiger partial charge in [0.25, 0.3) is 0 Å². The van der Waals surface area contributed by atoms with Crippen molar-refractivity contribution in [2.45, 2.75) is 134 Å². The van der Waals surface area contributed by atoms with E-state index in [9.17, 15) is 53.0 Å². The predicted octanol–water partition coefficient (Wildman–Crippen LogP) is 5.53. The van der Waals surface area contributed by atoms with Crippen LogP contribution in [0.15, 0.2) is 89.5 Å². The van der Waals surface area contributed by atoms with Crippen molar-refractivity contribution in [2.24, 2.45) is 40.4 Å². The lowest BCUT2D eigenvalue weighted by atomic mass is 9.78. The molecule has 488 valence electrons. The van der Waals surface area contributed by atoms with Crippen LogP contribution in [0.5, 0.6) is 5.75 Å². The van der Waals surface area contributed by atoms with Gasteiger partial charge in [0.15, 0.2) is 11.6 Å². The minimum absolute atomic E-state index is 0.0348. The number of nitrogens with zero attached hydrogens (tertiary/aromatic N) is 1. The first kappa shape index (κ1) is 69.5. The Hall–Kier alpha value is -7.93. The molecule has 2 aliphatic carbocycles. The fraction of sp³-hybridized carbons (Fsp3) is 0.545. The predicted molar refractivity (Wildman–Crippen MR) is 330 cm³/mol. The third kappa shape index (κ3) is 22.8. The third-order valence-electron chi connectivity index (χ3n) is 16.8. The highest BCUT2D eigenvalue weighted by molar-refractivity contribution is 6.06. The Morgan fingerprint density at radius 3 is 2.11 bits per heavy atom. The van der Waals surface area contributed by atoms with Crippen molar-refractivity contribution in [1.29, 1.82) is 5.41 Å². The summed E-state index contributed by atoms with van der Waals surface area (Å²) in [6.45, 7) is 2.69. The molecule has 0 bridgehead atoms. The van der Waals surface area contributed by atoms with Crippen molar-refractivity contribution in [3.63, 3.8) is 0 Å². The first-order valence-electron chi connectivity index (χ1n) is 31.4. The number of amides is 4. The minimum atomic E-state index is -1.52. The number of carbonyl (C=O) groups excluding carboxylic acids is 7. The number of esters is 1. The van der Waals surface area contributed by atoms with E-state index in [2.05, 4.69) is 38.8 Å². The summed E-state index contributed by atoms with van der Waals surface area (Å²) < 4.78 is 40.2. The van der Waals surface area contributed by atoms with E-state index in [-0.39, 0.29) is 101 Å². The normalized spacial score (nSPS) is 22.3. The van der Waals surface area contributed by atoms with Crippen molar-refractivity contribution >= 4 is 64.4 Å². The number of phenols is 1. The number of halogens is 1. The number of nitrogens with two attached hydrogens (primary N) is 1. The fourth-order valence-corrected chi connectivity index (χ4v) is 11.8. The SMILES string of the molecule is N=C(N)CC[C@@H]1NC(=O)[C@H](CCCCNC(=O)CCOCCCC(=O)OCc2ccc(C3=C4CC[C@@H]5[C@H](CCC4C(c4ccccc4)=NN3)[C@@H]5COCCOCCOCC[18F])cc2)NC(=O)[C@@H](Cc2ccc(O)cc2)CC(=O)[C@H](CC(=O)O)NC(=O)CCC1=O. The summed E-state index contributed by atoms with van der Waals surface area (Å²) in [5, 5.41) is 42.7. The quantitative estimate of drug-likeness (QED) is 0.0157. The molecule has 0 spiro atoms. The standard InChI is InChI=1S/C66H87FN8O15/c67-28-32-87-33-34-88-35-36-89-41-52-48-19-21-50-51(22-20-49(48)52)64(75-74-63(50)44-7-2-1-3-8-44)45-15-11-43(12-16-45)40-90-62(83)10-6-30-86-31-27-59(79)70-29-5-4-9-54-66(85)72-53(23-25-58(68)69)56(77)24-26-60(80)71-55(39-61(81)82)57(78)38-46(65(84)73-54)37-42-13-17-47(76)18-14-42/h1-3,7-8,11-18,46,48-50,52-55,75-76H,4-6,9-10,19-41H2,(H3,68,69)(H,70,79)(H,71,80)(H,72,85)(H,73,84)(H,81,82)/t46-,48-,49+,50?,52-,53-,54-,55-/m0/s1/i67-1. The zero-order valence-corrected chi connectivity index (χ0v) is 51.0. The number of carboxylic acids is 1. The Balaban J connectivity index is 0.832. The number of ether oxygens (including phenoxy) is 5.